The number of aliphatic carboxylic acids is 1. The summed E-state index contributed by atoms with van der Waals surface area (Å²) < 4.78 is 29.8. The van der Waals surface area contributed by atoms with Crippen molar-refractivity contribution in [2.45, 2.75) is 24.4 Å². The lowest BCUT2D eigenvalue weighted by molar-refractivity contribution is -0.139. The lowest BCUT2D eigenvalue weighted by Gasteiger charge is -2.23. The van der Waals surface area contributed by atoms with Gasteiger partial charge in [-0.25, -0.2) is 13.2 Å². The van der Waals surface area contributed by atoms with Crippen molar-refractivity contribution >= 4 is 22.7 Å². The first kappa shape index (κ1) is 18.9. The van der Waals surface area contributed by atoms with Gasteiger partial charge in [-0.2, -0.15) is 8.42 Å². The molecular weight excluding hydrogens is 304 g/mol. The minimum absolute atomic E-state index is 0.103. The summed E-state index contributed by atoms with van der Waals surface area (Å²) in [5.41, 5.74) is 0. The molecule has 0 amide bonds. The molecule has 0 aliphatic carbocycles. The van der Waals surface area contributed by atoms with E-state index in [-0.39, 0.29) is 6.29 Å². The van der Waals surface area contributed by atoms with Gasteiger partial charge in [-0.1, -0.05) is 0 Å². The molecule has 0 unspecified atom stereocenters. The maximum absolute atomic E-state index is 11.0. The minimum Gasteiger partial charge on any atom is -0.479 e. The minimum atomic E-state index is -4.72. The van der Waals surface area contributed by atoms with Crippen LogP contribution in [-0.2, 0) is 28.4 Å². The van der Waals surface area contributed by atoms with Gasteiger partial charge in [0.2, 0.25) is 0 Å². The Balaban J connectivity index is 4.36. The first-order valence-corrected chi connectivity index (χ1v) is 6.37. The highest BCUT2D eigenvalue weighted by Crippen LogP contribution is 2.06. The van der Waals surface area contributed by atoms with Gasteiger partial charge in [-0.05, 0) is 0 Å². The quantitative estimate of drug-likeness (QED) is 0.247. The third kappa shape index (κ3) is 6.85. The second-order valence-electron chi connectivity index (χ2n) is 3.52. The maximum atomic E-state index is 11.0. The van der Waals surface area contributed by atoms with Crippen LogP contribution in [0.1, 0.15) is 0 Å². The van der Waals surface area contributed by atoms with Crippen LogP contribution in [0.4, 0.5) is 0 Å². The second kappa shape index (κ2) is 8.21. The zero-order valence-electron chi connectivity index (χ0n) is 9.89. The normalized spacial score (nSPS) is 18.0. The summed E-state index contributed by atoms with van der Waals surface area (Å²) in [7, 11) is -4.72. The molecule has 0 heterocycles. The van der Waals surface area contributed by atoms with Crippen LogP contribution in [0.3, 0.4) is 0 Å². The van der Waals surface area contributed by atoms with Crippen LogP contribution in [0, 0.1) is 0 Å². The molecule has 0 aromatic rings. The van der Waals surface area contributed by atoms with Gasteiger partial charge < -0.3 is 30.3 Å². The molecule has 0 fully saturated rings. The van der Waals surface area contributed by atoms with Gasteiger partial charge in [0, 0.05) is 0 Å². The van der Waals surface area contributed by atoms with E-state index in [0.29, 0.717) is 0 Å². The molecule has 12 heteroatoms. The lowest BCUT2D eigenvalue weighted by Crippen LogP contribution is -2.46. The van der Waals surface area contributed by atoms with E-state index in [2.05, 4.69) is 8.37 Å². The Morgan fingerprint density at radius 3 is 2.10 bits per heavy atom. The van der Waals surface area contributed by atoms with Crippen LogP contribution < -0.4 is 0 Å². The summed E-state index contributed by atoms with van der Waals surface area (Å²) in [5, 5.41) is 44.8. The number of hydrogen-bond donors (Lipinski definition) is 5. The molecule has 0 bridgehead atoms. The molecule has 0 saturated heterocycles. The van der Waals surface area contributed by atoms with Gasteiger partial charge in [-0.15, -0.1) is 0 Å². The van der Waals surface area contributed by atoms with Gasteiger partial charge in [0.15, 0.2) is 12.9 Å². The Hall–Kier alpha value is -1.15. The first-order chi connectivity index (χ1) is 9.10. The Morgan fingerprint density at radius 1 is 1.10 bits per heavy atom. The Morgan fingerprint density at radius 2 is 1.65 bits per heavy atom. The third-order valence-corrected chi connectivity index (χ3v) is 2.77. The number of aldehydes is 1. The van der Waals surface area contributed by atoms with Crippen LogP contribution in [-0.4, -0.2) is 83.8 Å². The van der Waals surface area contributed by atoms with Gasteiger partial charge in [0.25, 0.3) is 0 Å². The second-order valence-corrected chi connectivity index (χ2v) is 4.81. The van der Waals surface area contributed by atoms with Crippen LogP contribution in [0.25, 0.3) is 0 Å². The molecule has 5 N–H and O–H groups in total. The maximum Gasteiger partial charge on any atom is 0.400 e. The van der Waals surface area contributed by atoms with Gasteiger partial charge in [0.05, 0.1) is 6.61 Å². The number of rotatable bonds is 10. The fraction of sp³-hybridized carbons (Fsp3) is 0.750. The highest BCUT2D eigenvalue weighted by Gasteiger charge is 2.31. The zero-order valence-corrected chi connectivity index (χ0v) is 10.7. The molecular formula is C8H14O11S. The average Bonchev–Trinajstić information content (AvgIpc) is 2.40. The summed E-state index contributed by atoms with van der Waals surface area (Å²) in [6.07, 6.45) is -8.21. The topological polar surface area (TPSA) is 188 Å². The van der Waals surface area contributed by atoms with E-state index in [0.717, 1.165) is 0 Å². The van der Waals surface area contributed by atoms with E-state index in [1.54, 1.807) is 0 Å². The molecule has 118 valence electrons. The summed E-state index contributed by atoms with van der Waals surface area (Å²) >= 11 is 0. The number of carbonyl (C=O) groups is 2. The average molecular weight is 318 g/mol. The Kier molecular flexibility index (Phi) is 7.74. The summed E-state index contributed by atoms with van der Waals surface area (Å²) in [4.78, 5) is 20.2. The number of aliphatic hydroxyl groups is 4. The predicted octanol–water partition coefficient (Wildman–Crippen LogP) is -4.01. The van der Waals surface area contributed by atoms with E-state index in [1.807, 2.05) is 0 Å². The number of carboxylic acid groups (broad SMARTS) is 1. The molecule has 0 aliphatic rings. The molecule has 0 aromatic carbocycles. The van der Waals surface area contributed by atoms with Crippen molar-refractivity contribution in [2.24, 2.45) is 0 Å². The fourth-order valence-electron chi connectivity index (χ4n) is 0.918. The third-order valence-electron chi connectivity index (χ3n) is 1.94. The van der Waals surface area contributed by atoms with Crippen molar-refractivity contribution in [3.8, 4) is 0 Å². The fourth-order valence-corrected chi connectivity index (χ4v) is 1.54. The van der Waals surface area contributed by atoms with E-state index < -0.39 is 54.0 Å². The van der Waals surface area contributed by atoms with Crippen LogP contribution in [0.15, 0.2) is 0 Å². The predicted molar refractivity (Wildman–Crippen MR) is 58.6 cm³/mol. The Bertz CT molecular complexity index is 418. The van der Waals surface area contributed by atoms with Crippen molar-refractivity contribution in [1.82, 2.24) is 0 Å². The van der Waals surface area contributed by atoms with E-state index in [1.165, 1.54) is 0 Å². The number of hydrogen-bond acceptors (Lipinski definition) is 10. The molecule has 4 atom stereocenters. The van der Waals surface area contributed by atoms with E-state index in [9.17, 15) is 28.2 Å². The molecule has 0 rings (SSSR count). The Labute approximate surface area is 113 Å². The van der Waals surface area contributed by atoms with Crippen LogP contribution >= 0.6 is 0 Å². The molecule has 0 saturated carbocycles. The SMILES string of the molecule is O=C[C@H](O)[C@@H](O)[C@H](O)[C@H](O)COS(=O)(=O)OCC(=O)O. The lowest BCUT2D eigenvalue weighted by atomic mass is 10.0. The van der Waals surface area contributed by atoms with Gasteiger partial charge >= 0.3 is 16.4 Å². The van der Waals surface area contributed by atoms with E-state index in [4.69, 9.17) is 15.3 Å². The largest absolute Gasteiger partial charge is 0.479 e. The zero-order chi connectivity index (χ0) is 15.9. The van der Waals surface area contributed by atoms with Crippen molar-refractivity contribution in [2.75, 3.05) is 13.2 Å². The number of aliphatic hydroxyl groups excluding tert-OH is 4. The highest BCUT2D eigenvalue weighted by molar-refractivity contribution is 7.81. The number of carbonyl (C=O) groups excluding carboxylic acids is 1. The van der Waals surface area contributed by atoms with Crippen molar-refractivity contribution in [3.05, 3.63) is 0 Å². The first-order valence-electron chi connectivity index (χ1n) is 5.04. The standard InChI is InChI=1S/C8H14O11S/c9-1-4(10)7(14)8(15)5(11)2-18-20(16,17)19-3-6(12)13/h1,4-5,7-8,10-11,14-15H,2-3H2,(H,12,13)/t4-,5+,7+,8+/m0/s1. The van der Waals surface area contributed by atoms with Gasteiger partial charge in [-0.3, -0.25) is 0 Å². The highest BCUT2D eigenvalue weighted by atomic mass is 32.3. The van der Waals surface area contributed by atoms with Crippen molar-refractivity contribution in [3.63, 3.8) is 0 Å². The molecule has 0 radical (unpaired) electrons. The van der Waals surface area contributed by atoms with Crippen molar-refractivity contribution in [1.29, 1.82) is 0 Å². The molecule has 0 aromatic heterocycles. The van der Waals surface area contributed by atoms with E-state index >= 15 is 0 Å². The smallest absolute Gasteiger partial charge is 0.400 e. The number of carboxylic acids is 1. The molecule has 0 aliphatic heterocycles. The molecule has 11 nitrogen and oxygen atoms in total. The summed E-state index contributed by atoms with van der Waals surface area (Å²) in [5.74, 6) is -1.58. The molecule has 20 heavy (non-hydrogen) atoms. The van der Waals surface area contributed by atoms with Gasteiger partial charge in [0.1, 0.15) is 24.4 Å². The van der Waals surface area contributed by atoms with Crippen LogP contribution in [0.5, 0.6) is 0 Å². The molecule has 0 spiro atoms. The monoisotopic (exact) mass is 318 g/mol. The van der Waals surface area contributed by atoms with Crippen molar-refractivity contribution < 1.29 is 51.9 Å². The summed E-state index contributed by atoms with van der Waals surface area (Å²) in [6, 6.07) is 0. The van der Waals surface area contributed by atoms with Crippen LogP contribution in [0.2, 0.25) is 0 Å². The summed E-state index contributed by atoms with van der Waals surface area (Å²) in [6.45, 7) is -2.29.